The minimum Gasteiger partial charge on any atom is -0.379 e. The molecule has 2 N–H and O–H groups in total. The summed E-state index contributed by atoms with van der Waals surface area (Å²) in [5, 5.41) is 4.63. The highest BCUT2D eigenvalue weighted by molar-refractivity contribution is 5.86. The van der Waals surface area contributed by atoms with E-state index in [1.165, 1.54) is 22.2 Å². The third kappa shape index (κ3) is 1.50. The lowest BCUT2D eigenvalue weighted by molar-refractivity contribution is -0.0578. The fourth-order valence-corrected chi connectivity index (χ4v) is 2.98. The molecule has 1 aliphatic heterocycles. The molecule has 0 unspecified atom stereocenters. The molecule has 0 aliphatic carbocycles. The molecule has 0 bridgehead atoms. The van der Waals surface area contributed by atoms with Crippen molar-refractivity contribution in [3.8, 4) is 0 Å². The van der Waals surface area contributed by atoms with Gasteiger partial charge in [-0.1, -0.05) is 18.2 Å². The number of aryl methyl sites for hydroxylation is 1. The topological polar surface area (TPSA) is 37.0 Å². The van der Waals surface area contributed by atoms with Crippen molar-refractivity contribution in [3.63, 3.8) is 0 Å². The Labute approximate surface area is 101 Å². The maximum atomic E-state index is 5.46. The fourth-order valence-electron chi connectivity index (χ4n) is 2.98. The minimum atomic E-state index is 0.151. The second kappa shape index (κ2) is 3.86. The highest BCUT2D eigenvalue weighted by Crippen LogP contribution is 2.38. The van der Waals surface area contributed by atoms with Crippen molar-refractivity contribution in [3.05, 3.63) is 35.5 Å². The van der Waals surface area contributed by atoms with E-state index in [1.807, 2.05) is 7.05 Å². The number of para-hydroxylation sites is 1. The van der Waals surface area contributed by atoms with E-state index in [9.17, 15) is 0 Å². The number of aromatic nitrogens is 1. The minimum absolute atomic E-state index is 0.151. The molecule has 3 nitrogen and oxygen atoms in total. The summed E-state index contributed by atoms with van der Waals surface area (Å²) in [6.07, 6.45) is 0. The van der Waals surface area contributed by atoms with Crippen molar-refractivity contribution >= 4 is 10.9 Å². The van der Waals surface area contributed by atoms with Gasteiger partial charge in [0.1, 0.15) is 0 Å². The van der Waals surface area contributed by atoms with Crippen LogP contribution in [0.1, 0.15) is 11.3 Å². The average Bonchev–Trinajstić information content (AvgIpc) is 2.60. The number of ether oxygens (including phenoxy) is 1. The zero-order valence-electron chi connectivity index (χ0n) is 10.3. The van der Waals surface area contributed by atoms with E-state index in [2.05, 4.69) is 41.5 Å². The average molecular weight is 230 g/mol. The first-order valence-corrected chi connectivity index (χ1v) is 6.07. The predicted octanol–water partition coefficient (Wildman–Crippen LogP) is 1.96. The molecule has 2 heterocycles. The smallest absolute Gasteiger partial charge is 0.0598 e. The van der Waals surface area contributed by atoms with Crippen molar-refractivity contribution in [2.75, 3.05) is 26.8 Å². The number of fused-ring (bicyclic) bond motifs is 1. The van der Waals surface area contributed by atoms with Gasteiger partial charge in [0.05, 0.1) is 18.6 Å². The van der Waals surface area contributed by atoms with Gasteiger partial charge in [-0.25, -0.2) is 0 Å². The molecule has 3 heteroatoms. The molecule has 90 valence electrons. The number of H-pyrrole nitrogens is 1. The van der Waals surface area contributed by atoms with Gasteiger partial charge in [-0.3, -0.25) is 0 Å². The van der Waals surface area contributed by atoms with Crippen LogP contribution >= 0.6 is 0 Å². The van der Waals surface area contributed by atoms with Gasteiger partial charge in [0.2, 0.25) is 0 Å². The number of aromatic amines is 1. The van der Waals surface area contributed by atoms with Gasteiger partial charge in [-0.05, 0) is 25.6 Å². The quantitative estimate of drug-likeness (QED) is 0.845. The van der Waals surface area contributed by atoms with E-state index >= 15 is 0 Å². The normalized spacial score (nSPS) is 18.2. The van der Waals surface area contributed by atoms with E-state index in [0.29, 0.717) is 0 Å². The van der Waals surface area contributed by atoms with Crippen LogP contribution in [0.3, 0.4) is 0 Å². The Morgan fingerprint density at radius 2 is 2.12 bits per heavy atom. The highest BCUT2D eigenvalue weighted by atomic mass is 16.5. The number of benzene rings is 1. The molecule has 0 atom stereocenters. The molecule has 0 radical (unpaired) electrons. The van der Waals surface area contributed by atoms with Gasteiger partial charge in [0, 0.05) is 23.1 Å². The van der Waals surface area contributed by atoms with Crippen LogP contribution in [-0.4, -0.2) is 31.8 Å². The lowest BCUT2D eigenvalue weighted by Crippen LogP contribution is -2.53. The number of likely N-dealkylation sites (N-methyl/N-ethyl adjacent to an activating group) is 1. The Balaban J connectivity index is 2.18. The standard InChI is InChI=1S/C14H18N2O/c1-10-13(14(7-15-2)8-17-9-14)11-5-3-4-6-12(11)16-10/h3-6,15-16H,7-9H2,1-2H3. The van der Waals surface area contributed by atoms with Crippen molar-refractivity contribution in [2.24, 2.45) is 0 Å². The van der Waals surface area contributed by atoms with E-state index in [4.69, 9.17) is 4.74 Å². The summed E-state index contributed by atoms with van der Waals surface area (Å²) in [6, 6.07) is 8.51. The van der Waals surface area contributed by atoms with Crippen molar-refractivity contribution in [2.45, 2.75) is 12.3 Å². The lowest BCUT2D eigenvalue weighted by Gasteiger charge is -2.42. The van der Waals surface area contributed by atoms with Crippen LogP contribution in [0.4, 0.5) is 0 Å². The van der Waals surface area contributed by atoms with E-state index in [1.54, 1.807) is 0 Å². The molecular weight excluding hydrogens is 212 g/mol. The molecular formula is C14H18N2O. The summed E-state index contributed by atoms with van der Waals surface area (Å²) in [4.78, 5) is 3.48. The molecule has 1 fully saturated rings. The van der Waals surface area contributed by atoms with E-state index < -0.39 is 0 Å². The van der Waals surface area contributed by atoms with Crippen LogP contribution in [0.15, 0.2) is 24.3 Å². The largest absolute Gasteiger partial charge is 0.379 e. The first kappa shape index (κ1) is 10.8. The summed E-state index contributed by atoms with van der Waals surface area (Å²) in [7, 11) is 2.00. The van der Waals surface area contributed by atoms with Crippen LogP contribution in [-0.2, 0) is 10.2 Å². The number of rotatable bonds is 3. The second-order valence-corrected chi connectivity index (χ2v) is 4.97. The molecule has 0 amide bonds. The molecule has 0 spiro atoms. The zero-order chi connectivity index (χ0) is 11.9. The van der Waals surface area contributed by atoms with Crippen LogP contribution in [0.25, 0.3) is 10.9 Å². The highest BCUT2D eigenvalue weighted by Gasteiger charge is 2.42. The number of hydrogen-bond acceptors (Lipinski definition) is 2. The van der Waals surface area contributed by atoms with Crippen LogP contribution in [0.2, 0.25) is 0 Å². The molecule has 1 aromatic carbocycles. The molecule has 17 heavy (non-hydrogen) atoms. The summed E-state index contributed by atoms with van der Waals surface area (Å²) in [5.41, 5.74) is 4.07. The Kier molecular flexibility index (Phi) is 2.45. The van der Waals surface area contributed by atoms with Gasteiger partial charge in [-0.2, -0.15) is 0 Å². The number of nitrogens with one attached hydrogen (secondary N) is 2. The Morgan fingerprint density at radius 1 is 1.35 bits per heavy atom. The summed E-state index contributed by atoms with van der Waals surface area (Å²) < 4.78 is 5.46. The van der Waals surface area contributed by atoms with E-state index in [-0.39, 0.29) is 5.41 Å². The predicted molar refractivity (Wildman–Crippen MR) is 69.5 cm³/mol. The first-order valence-electron chi connectivity index (χ1n) is 6.07. The SMILES string of the molecule is CNCC1(c2c(C)[nH]c3ccccc23)COC1. The van der Waals surface area contributed by atoms with E-state index in [0.717, 1.165) is 19.8 Å². The maximum Gasteiger partial charge on any atom is 0.0598 e. The Hall–Kier alpha value is -1.32. The van der Waals surface area contributed by atoms with Crippen molar-refractivity contribution in [1.82, 2.24) is 10.3 Å². The fraction of sp³-hybridized carbons (Fsp3) is 0.429. The lowest BCUT2D eigenvalue weighted by atomic mass is 9.77. The van der Waals surface area contributed by atoms with Gasteiger partial charge < -0.3 is 15.0 Å². The third-order valence-corrected chi connectivity index (χ3v) is 3.70. The first-order chi connectivity index (χ1) is 8.27. The molecule has 1 aliphatic rings. The maximum absolute atomic E-state index is 5.46. The van der Waals surface area contributed by atoms with Gasteiger partial charge >= 0.3 is 0 Å². The van der Waals surface area contributed by atoms with Crippen molar-refractivity contribution < 1.29 is 4.74 Å². The monoisotopic (exact) mass is 230 g/mol. The van der Waals surface area contributed by atoms with Gasteiger partial charge in [-0.15, -0.1) is 0 Å². The Morgan fingerprint density at radius 3 is 2.76 bits per heavy atom. The molecule has 1 aromatic heterocycles. The summed E-state index contributed by atoms with van der Waals surface area (Å²) in [5.74, 6) is 0. The summed E-state index contributed by atoms with van der Waals surface area (Å²) >= 11 is 0. The van der Waals surface area contributed by atoms with Crippen molar-refractivity contribution in [1.29, 1.82) is 0 Å². The summed E-state index contributed by atoms with van der Waals surface area (Å²) in [6.45, 7) is 4.76. The molecule has 3 rings (SSSR count). The van der Waals surface area contributed by atoms with Crippen LogP contribution < -0.4 is 5.32 Å². The number of hydrogen-bond donors (Lipinski definition) is 2. The third-order valence-electron chi connectivity index (χ3n) is 3.70. The molecule has 1 saturated heterocycles. The molecule has 2 aromatic rings. The second-order valence-electron chi connectivity index (χ2n) is 4.97. The van der Waals surface area contributed by atoms with Crippen LogP contribution in [0.5, 0.6) is 0 Å². The molecule has 0 saturated carbocycles. The Bertz CT molecular complexity index is 540. The van der Waals surface area contributed by atoms with Crippen LogP contribution in [0, 0.1) is 6.92 Å². The zero-order valence-corrected chi connectivity index (χ0v) is 10.3. The van der Waals surface area contributed by atoms with Gasteiger partial charge in [0.25, 0.3) is 0 Å². The van der Waals surface area contributed by atoms with Gasteiger partial charge in [0.15, 0.2) is 0 Å².